The van der Waals surface area contributed by atoms with Gasteiger partial charge in [0.05, 0.1) is 11.4 Å². The quantitative estimate of drug-likeness (QED) is 0.173. The lowest BCUT2D eigenvalue weighted by Crippen LogP contribution is -2.20. The number of alkyl carbamates (subject to hydrolysis) is 2. The van der Waals surface area contributed by atoms with Gasteiger partial charge in [-0.1, -0.05) is 83.3 Å². The molecule has 2 aliphatic rings. The number of hydrogen-bond donors (Lipinski definition) is 2. The zero-order chi connectivity index (χ0) is 39.0. The molecular formula is C44H28Cl2F2N4O4. The lowest BCUT2D eigenvalue weighted by atomic mass is 9.99. The standard InChI is InChI=1S/2C22H14ClFN2O2/c2*23-17-3-1-2-14(12-17)4-5-15-10-11-25-19(13-15)20-21(28-22(27)26-20)16-6-8-18(24)9-7-16/h2*1-3,6-13,20-21H,(H,26,27)/t2*20-,21-/m10/s1. The van der Waals surface area contributed by atoms with Gasteiger partial charge in [-0.2, -0.15) is 0 Å². The minimum absolute atomic E-state index is 0.353. The predicted octanol–water partition coefficient (Wildman–Crippen LogP) is 9.59. The number of rotatable bonds is 4. The van der Waals surface area contributed by atoms with E-state index in [1.165, 1.54) is 24.3 Å². The van der Waals surface area contributed by atoms with Gasteiger partial charge in [-0.25, -0.2) is 18.4 Å². The van der Waals surface area contributed by atoms with Gasteiger partial charge < -0.3 is 20.1 Å². The molecule has 0 aliphatic carbocycles. The van der Waals surface area contributed by atoms with Gasteiger partial charge in [0.15, 0.2) is 12.2 Å². The first-order valence-corrected chi connectivity index (χ1v) is 17.8. The largest absolute Gasteiger partial charge is 0.439 e. The van der Waals surface area contributed by atoms with E-state index in [0.29, 0.717) is 32.6 Å². The second-order valence-electron chi connectivity index (χ2n) is 12.5. The molecule has 4 heterocycles. The maximum atomic E-state index is 13.2. The van der Waals surface area contributed by atoms with E-state index in [4.69, 9.17) is 32.7 Å². The fourth-order valence-corrected chi connectivity index (χ4v) is 6.32. The Kier molecular flexibility index (Phi) is 11.5. The summed E-state index contributed by atoms with van der Waals surface area (Å²) in [5, 5.41) is 6.76. The van der Waals surface area contributed by atoms with Crippen molar-refractivity contribution in [1.29, 1.82) is 0 Å². The summed E-state index contributed by atoms with van der Waals surface area (Å²) in [5.41, 5.74) is 5.66. The van der Waals surface area contributed by atoms with Crippen molar-refractivity contribution in [1.82, 2.24) is 20.6 Å². The Bertz CT molecular complexity index is 2360. The fourth-order valence-electron chi connectivity index (χ4n) is 5.94. The number of amides is 2. The van der Waals surface area contributed by atoms with E-state index in [2.05, 4.69) is 44.3 Å². The Labute approximate surface area is 330 Å². The van der Waals surface area contributed by atoms with Crippen LogP contribution in [0.5, 0.6) is 0 Å². The number of hydrogen-bond acceptors (Lipinski definition) is 6. The minimum Gasteiger partial charge on any atom is -0.439 e. The Morgan fingerprint density at radius 2 is 0.893 bits per heavy atom. The van der Waals surface area contributed by atoms with Crippen molar-refractivity contribution >= 4 is 35.4 Å². The van der Waals surface area contributed by atoms with E-state index < -0.39 is 36.5 Å². The molecule has 2 aliphatic heterocycles. The highest BCUT2D eigenvalue weighted by Crippen LogP contribution is 2.37. The molecule has 0 spiro atoms. The molecule has 2 saturated heterocycles. The molecule has 2 fully saturated rings. The summed E-state index contributed by atoms with van der Waals surface area (Å²) in [4.78, 5) is 32.4. The maximum absolute atomic E-state index is 13.2. The van der Waals surface area contributed by atoms with Crippen molar-refractivity contribution < 1.29 is 27.8 Å². The van der Waals surface area contributed by atoms with Crippen LogP contribution in [-0.2, 0) is 9.47 Å². The molecule has 12 heteroatoms. The number of carbonyl (C=O) groups is 2. The van der Waals surface area contributed by atoms with Gasteiger partial charge in [0.2, 0.25) is 0 Å². The lowest BCUT2D eigenvalue weighted by molar-refractivity contribution is 0.131. The number of carbonyl (C=O) groups excluding carboxylic acids is 2. The summed E-state index contributed by atoms with van der Waals surface area (Å²) in [6.07, 6.45) is 0.967. The molecule has 6 aromatic rings. The van der Waals surface area contributed by atoms with Gasteiger partial charge in [0.1, 0.15) is 23.7 Å². The lowest BCUT2D eigenvalue weighted by Gasteiger charge is -2.17. The highest BCUT2D eigenvalue weighted by Gasteiger charge is 2.38. The first-order chi connectivity index (χ1) is 27.2. The number of halogens is 4. The van der Waals surface area contributed by atoms with Crippen LogP contribution in [0.15, 0.2) is 134 Å². The van der Waals surface area contributed by atoms with Gasteiger partial charge in [0.25, 0.3) is 0 Å². The van der Waals surface area contributed by atoms with Crippen LogP contribution >= 0.6 is 23.2 Å². The molecule has 0 saturated carbocycles. The number of ether oxygens (including phenoxy) is 2. The van der Waals surface area contributed by atoms with Crippen molar-refractivity contribution in [3.8, 4) is 23.7 Å². The van der Waals surface area contributed by atoms with Gasteiger partial charge in [-0.05, 0) is 96.1 Å². The SMILES string of the molecule is O=C1N[C@@H](c2cc(C#Cc3cccc(Cl)c3)ccn2)[C@H](c2ccc(F)cc2)O1.O=C1N[C@H](c2cc(C#Cc3cccc(Cl)c3)ccn2)[C@@H](c2ccc(F)cc2)O1. The molecule has 2 N–H and O–H groups in total. The van der Waals surface area contributed by atoms with Crippen LogP contribution in [0.1, 0.15) is 69.1 Å². The molecule has 8 nitrogen and oxygen atoms in total. The van der Waals surface area contributed by atoms with Crippen LogP contribution in [0.3, 0.4) is 0 Å². The molecule has 2 aromatic heterocycles. The van der Waals surface area contributed by atoms with Crippen LogP contribution in [0, 0.1) is 35.3 Å². The van der Waals surface area contributed by atoms with Crippen LogP contribution in [0.25, 0.3) is 0 Å². The van der Waals surface area contributed by atoms with Crippen molar-refractivity contribution in [2.75, 3.05) is 0 Å². The third kappa shape index (κ3) is 9.49. The topological polar surface area (TPSA) is 102 Å². The smallest absolute Gasteiger partial charge is 0.408 e. The van der Waals surface area contributed by atoms with Crippen LogP contribution in [0.2, 0.25) is 10.0 Å². The van der Waals surface area contributed by atoms with Gasteiger partial charge in [-0.3, -0.25) is 9.97 Å². The summed E-state index contributed by atoms with van der Waals surface area (Å²) in [7, 11) is 0. The van der Waals surface area contributed by atoms with Gasteiger partial charge in [0, 0.05) is 44.7 Å². The number of pyridine rings is 2. The Morgan fingerprint density at radius 1 is 0.518 bits per heavy atom. The van der Waals surface area contributed by atoms with Crippen molar-refractivity contribution in [3.63, 3.8) is 0 Å². The van der Waals surface area contributed by atoms with Crippen molar-refractivity contribution in [3.05, 3.63) is 200 Å². The average Bonchev–Trinajstić information content (AvgIpc) is 3.80. The second kappa shape index (κ2) is 17.2. The van der Waals surface area contributed by atoms with Crippen LogP contribution in [-0.4, -0.2) is 22.2 Å². The fraction of sp³-hybridized carbons (Fsp3) is 0.0909. The zero-order valence-corrected chi connectivity index (χ0v) is 30.6. The van der Waals surface area contributed by atoms with Crippen LogP contribution in [0.4, 0.5) is 18.4 Å². The van der Waals surface area contributed by atoms with E-state index in [1.54, 1.807) is 85.2 Å². The number of nitrogens with one attached hydrogen (secondary N) is 2. The first kappa shape index (κ1) is 37.6. The van der Waals surface area contributed by atoms with E-state index in [0.717, 1.165) is 22.3 Å². The highest BCUT2D eigenvalue weighted by molar-refractivity contribution is 6.31. The molecular weight excluding hydrogens is 757 g/mol. The Morgan fingerprint density at radius 3 is 1.27 bits per heavy atom. The average molecular weight is 786 g/mol. The molecule has 4 atom stereocenters. The molecule has 0 unspecified atom stereocenters. The molecule has 2 amide bonds. The number of cyclic esters (lactones) is 2. The number of aromatic nitrogens is 2. The normalized spacial score (nSPS) is 18.0. The monoisotopic (exact) mass is 784 g/mol. The maximum Gasteiger partial charge on any atom is 0.408 e. The minimum atomic E-state index is -0.600. The van der Waals surface area contributed by atoms with E-state index in [1.807, 2.05) is 24.3 Å². The van der Waals surface area contributed by atoms with Gasteiger partial charge >= 0.3 is 12.2 Å². The van der Waals surface area contributed by atoms with E-state index in [9.17, 15) is 18.4 Å². The first-order valence-electron chi connectivity index (χ1n) is 17.1. The second-order valence-corrected chi connectivity index (χ2v) is 13.3. The molecule has 4 aromatic carbocycles. The van der Waals surface area contributed by atoms with Crippen molar-refractivity contribution in [2.45, 2.75) is 24.3 Å². The Hall–Kier alpha value is -6.72. The highest BCUT2D eigenvalue weighted by atomic mass is 35.5. The number of benzene rings is 4. The summed E-state index contributed by atoms with van der Waals surface area (Å²) < 4.78 is 37.2. The van der Waals surface area contributed by atoms with Crippen LogP contribution < -0.4 is 10.6 Å². The summed E-state index contributed by atoms with van der Waals surface area (Å²) in [5.74, 6) is 11.6. The van der Waals surface area contributed by atoms with Gasteiger partial charge in [-0.15, -0.1) is 0 Å². The molecule has 0 bridgehead atoms. The molecule has 276 valence electrons. The third-order valence-corrected chi connectivity index (χ3v) is 9.04. The van der Waals surface area contributed by atoms with E-state index >= 15 is 0 Å². The summed E-state index contributed by atoms with van der Waals surface area (Å²) >= 11 is 12.0. The van der Waals surface area contributed by atoms with E-state index in [-0.39, 0.29) is 11.6 Å². The summed E-state index contributed by atoms with van der Waals surface area (Å²) in [6, 6.07) is 32.4. The molecule has 0 radical (unpaired) electrons. The predicted molar refractivity (Wildman–Crippen MR) is 206 cm³/mol. The molecule has 56 heavy (non-hydrogen) atoms. The zero-order valence-electron chi connectivity index (χ0n) is 29.1. The van der Waals surface area contributed by atoms with Crippen molar-refractivity contribution in [2.24, 2.45) is 0 Å². The number of nitrogens with zero attached hydrogens (tertiary/aromatic N) is 2. The summed E-state index contributed by atoms with van der Waals surface area (Å²) in [6.45, 7) is 0. The molecule has 8 rings (SSSR count). The third-order valence-electron chi connectivity index (χ3n) is 8.57. The Balaban J connectivity index is 0.000000172.